The second-order valence-electron chi connectivity index (χ2n) is 7.40. The Labute approximate surface area is 120 Å². The van der Waals surface area contributed by atoms with E-state index >= 15 is 0 Å². The van der Waals surface area contributed by atoms with Crippen LogP contribution in [0.4, 0.5) is 0 Å². The molecule has 0 aliphatic heterocycles. The van der Waals surface area contributed by atoms with Gasteiger partial charge in [0.1, 0.15) is 0 Å². The number of nitrogens with one attached hydrogen (secondary N) is 1. The van der Waals surface area contributed by atoms with Crippen molar-refractivity contribution in [3.63, 3.8) is 0 Å². The van der Waals surface area contributed by atoms with Crippen LogP contribution in [0.25, 0.3) is 0 Å². The lowest BCUT2D eigenvalue weighted by atomic mass is 9.49. The van der Waals surface area contributed by atoms with Crippen molar-refractivity contribution in [3.05, 3.63) is 11.7 Å². The summed E-state index contributed by atoms with van der Waals surface area (Å²) in [6, 6.07) is 0.199. The van der Waals surface area contributed by atoms with Gasteiger partial charge in [-0.25, -0.2) is 0 Å². The van der Waals surface area contributed by atoms with E-state index in [1.165, 1.54) is 38.5 Å². The van der Waals surface area contributed by atoms with Crippen molar-refractivity contribution >= 4 is 0 Å². The molecule has 1 unspecified atom stereocenters. The minimum absolute atomic E-state index is 0.199. The zero-order valence-electron chi connectivity index (χ0n) is 12.6. The third-order valence-electron chi connectivity index (χ3n) is 6.01. The molecule has 0 saturated heterocycles. The van der Waals surface area contributed by atoms with E-state index in [1.807, 2.05) is 7.05 Å². The first-order valence-electron chi connectivity index (χ1n) is 8.24. The van der Waals surface area contributed by atoms with Crippen molar-refractivity contribution in [2.45, 2.75) is 63.3 Å². The predicted molar refractivity (Wildman–Crippen MR) is 76.2 cm³/mol. The lowest BCUT2D eigenvalue weighted by Crippen LogP contribution is -2.49. The molecular formula is C16H25N3O. The summed E-state index contributed by atoms with van der Waals surface area (Å²) in [5.74, 6) is 4.57. The van der Waals surface area contributed by atoms with Crippen molar-refractivity contribution in [1.82, 2.24) is 15.5 Å². The fourth-order valence-corrected chi connectivity index (χ4v) is 5.48. The van der Waals surface area contributed by atoms with E-state index in [1.54, 1.807) is 0 Å². The summed E-state index contributed by atoms with van der Waals surface area (Å²) in [4.78, 5) is 4.80. The van der Waals surface area contributed by atoms with Gasteiger partial charge in [-0.15, -0.1) is 0 Å². The smallest absolute Gasteiger partial charge is 0.243 e. The molecule has 4 bridgehead atoms. The molecule has 0 spiro atoms. The van der Waals surface area contributed by atoms with E-state index in [0.29, 0.717) is 0 Å². The van der Waals surface area contributed by atoms with Crippen LogP contribution >= 0.6 is 0 Å². The maximum atomic E-state index is 5.57. The van der Waals surface area contributed by atoms with E-state index in [0.717, 1.165) is 35.9 Å². The number of rotatable bonds is 4. The van der Waals surface area contributed by atoms with Gasteiger partial charge < -0.3 is 9.84 Å². The number of aromatic nitrogens is 2. The first-order chi connectivity index (χ1) is 9.72. The molecule has 4 aliphatic rings. The van der Waals surface area contributed by atoms with Crippen LogP contribution in [0.2, 0.25) is 0 Å². The molecule has 4 aliphatic carbocycles. The lowest BCUT2D eigenvalue weighted by Gasteiger charge is -2.55. The van der Waals surface area contributed by atoms with Gasteiger partial charge in [0.25, 0.3) is 0 Å². The molecule has 1 atom stereocenters. The number of nitrogens with zero attached hydrogens (tertiary/aromatic N) is 2. The van der Waals surface area contributed by atoms with E-state index in [2.05, 4.69) is 17.4 Å². The summed E-state index contributed by atoms with van der Waals surface area (Å²) in [5, 5.41) is 7.66. The summed E-state index contributed by atoms with van der Waals surface area (Å²) in [5.41, 5.74) is 0.253. The Balaban J connectivity index is 1.64. The lowest BCUT2D eigenvalue weighted by molar-refractivity contribution is -0.0103. The van der Waals surface area contributed by atoms with Gasteiger partial charge in [0, 0.05) is 5.41 Å². The van der Waals surface area contributed by atoms with Gasteiger partial charge in [-0.1, -0.05) is 12.1 Å². The van der Waals surface area contributed by atoms with Crippen LogP contribution in [0.15, 0.2) is 4.52 Å². The number of hydrogen-bond donors (Lipinski definition) is 1. The molecule has 110 valence electrons. The molecule has 20 heavy (non-hydrogen) atoms. The van der Waals surface area contributed by atoms with Crippen LogP contribution in [0, 0.1) is 17.8 Å². The van der Waals surface area contributed by atoms with Crippen LogP contribution in [-0.2, 0) is 5.41 Å². The van der Waals surface area contributed by atoms with Gasteiger partial charge in [0.05, 0.1) is 6.04 Å². The molecule has 0 amide bonds. The SMILES string of the molecule is CCC(NC)c1nc(C23CC4CC(CC(C4)C2)C3)no1. The standard InChI is InChI=1S/C16H25N3O/c1-3-13(17-2)14-18-15(19-20-14)16-7-10-4-11(8-16)6-12(5-10)9-16/h10-13,17H,3-9H2,1-2H3. The summed E-state index contributed by atoms with van der Waals surface area (Å²) in [7, 11) is 1.96. The van der Waals surface area contributed by atoms with Crippen LogP contribution in [0.1, 0.15) is 69.6 Å². The Morgan fingerprint density at radius 2 is 1.80 bits per heavy atom. The topological polar surface area (TPSA) is 51.0 Å². The second-order valence-corrected chi connectivity index (χ2v) is 7.40. The zero-order chi connectivity index (χ0) is 13.7. The molecule has 5 rings (SSSR count). The molecule has 4 saturated carbocycles. The number of hydrogen-bond acceptors (Lipinski definition) is 4. The fourth-order valence-electron chi connectivity index (χ4n) is 5.48. The van der Waals surface area contributed by atoms with Gasteiger partial charge in [-0.05, 0) is 69.7 Å². The average molecular weight is 275 g/mol. The highest BCUT2D eigenvalue weighted by Crippen LogP contribution is 2.60. The quantitative estimate of drug-likeness (QED) is 0.916. The molecule has 4 nitrogen and oxygen atoms in total. The molecule has 1 heterocycles. The average Bonchev–Trinajstić information content (AvgIpc) is 2.89. The van der Waals surface area contributed by atoms with Gasteiger partial charge >= 0.3 is 0 Å². The third kappa shape index (κ3) is 1.84. The third-order valence-corrected chi connectivity index (χ3v) is 6.01. The predicted octanol–water partition coefficient (Wildman–Crippen LogP) is 3.21. The molecule has 1 aromatic heterocycles. The zero-order valence-corrected chi connectivity index (χ0v) is 12.6. The molecule has 4 fully saturated rings. The fraction of sp³-hybridized carbons (Fsp3) is 0.875. The van der Waals surface area contributed by atoms with Crippen LogP contribution in [-0.4, -0.2) is 17.2 Å². The Kier molecular flexibility index (Phi) is 2.92. The Hall–Kier alpha value is -0.900. The highest BCUT2D eigenvalue weighted by atomic mass is 16.5. The van der Waals surface area contributed by atoms with Crippen molar-refractivity contribution in [3.8, 4) is 0 Å². The van der Waals surface area contributed by atoms with Gasteiger partial charge in [-0.2, -0.15) is 4.98 Å². The minimum atomic E-state index is 0.199. The summed E-state index contributed by atoms with van der Waals surface area (Å²) >= 11 is 0. The molecule has 4 heteroatoms. The Morgan fingerprint density at radius 1 is 1.20 bits per heavy atom. The highest BCUT2D eigenvalue weighted by molar-refractivity contribution is 5.16. The minimum Gasteiger partial charge on any atom is -0.338 e. The molecular weight excluding hydrogens is 250 g/mol. The summed E-state index contributed by atoms with van der Waals surface area (Å²) in [6.07, 6.45) is 9.25. The second kappa shape index (κ2) is 4.55. The van der Waals surface area contributed by atoms with E-state index in [9.17, 15) is 0 Å². The van der Waals surface area contributed by atoms with E-state index in [4.69, 9.17) is 9.51 Å². The monoisotopic (exact) mass is 275 g/mol. The van der Waals surface area contributed by atoms with Gasteiger partial charge in [0.15, 0.2) is 5.82 Å². The Bertz CT molecular complexity index is 456. The van der Waals surface area contributed by atoms with Gasteiger partial charge in [-0.3, -0.25) is 0 Å². The van der Waals surface area contributed by atoms with E-state index in [-0.39, 0.29) is 11.5 Å². The molecule has 1 N–H and O–H groups in total. The van der Waals surface area contributed by atoms with Crippen molar-refractivity contribution in [2.75, 3.05) is 7.05 Å². The van der Waals surface area contributed by atoms with Crippen LogP contribution < -0.4 is 5.32 Å². The van der Waals surface area contributed by atoms with Crippen molar-refractivity contribution < 1.29 is 4.52 Å². The van der Waals surface area contributed by atoms with Crippen LogP contribution in [0.5, 0.6) is 0 Å². The van der Waals surface area contributed by atoms with Crippen LogP contribution in [0.3, 0.4) is 0 Å². The molecule has 0 aromatic carbocycles. The van der Waals surface area contributed by atoms with Crippen molar-refractivity contribution in [1.29, 1.82) is 0 Å². The molecule has 1 aromatic rings. The maximum absolute atomic E-state index is 5.57. The van der Waals surface area contributed by atoms with Gasteiger partial charge in [0.2, 0.25) is 5.89 Å². The van der Waals surface area contributed by atoms with E-state index < -0.39 is 0 Å². The first-order valence-corrected chi connectivity index (χ1v) is 8.24. The Morgan fingerprint density at radius 3 is 2.30 bits per heavy atom. The maximum Gasteiger partial charge on any atom is 0.243 e. The van der Waals surface area contributed by atoms with Crippen molar-refractivity contribution in [2.24, 2.45) is 17.8 Å². The summed E-state index contributed by atoms with van der Waals surface area (Å²) in [6.45, 7) is 2.15. The normalized spacial score (nSPS) is 40.2. The first kappa shape index (κ1) is 12.8. The summed E-state index contributed by atoms with van der Waals surface area (Å²) < 4.78 is 5.57. The highest BCUT2D eigenvalue weighted by Gasteiger charge is 2.53. The largest absolute Gasteiger partial charge is 0.338 e. The molecule has 0 radical (unpaired) electrons.